The number of rotatable bonds is 5. The van der Waals surface area contributed by atoms with E-state index in [4.69, 9.17) is 11.6 Å². The first-order valence-electron chi connectivity index (χ1n) is 7.79. The second kappa shape index (κ2) is 7.77. The maximum atomic E-state index is 12.5. The monoisotopic (exact) mass is 352 g/mol. The van der Waals surface area contributed by atoms with E-state index in [1.807, 2.05) is 31.2 Å². The molecule has 1 amide bonds. The van der Waals surface area contributed by atoms with Gasteiger partial charge in [0.1, 0.15) is 5.82 Å². The lowest BCUT2D eigenvalue weighted by Crippen LogP contribution is -2.13. The molecule has 2 aromatic heterocycles. The van der Waals surface area contributed by atoms with Crippen LogP contribution in [0.4, 0.5) is 11.5 Å². The molecule has 3 aromatic rings. The number of amides is 1. The van der Waals surface area contributed by atoms with Crippen molar-refractivity contribution in [2.75, 3.05) is 10.6 Å². The number of nitrogens with zero attached hydrogens (tertiary/aromatic N) is 2. The highest BCUT2D eigenvalue weighted by Gasteiger charge is 2.09. The van der Waals surface area contributed by atoms with Gasteiger partial charge < -0.3 is 10.6 Å². The molecule has 5 nitrogen and oxygen atoms in total. The molecule has 126 valence electrons. The van der Waals surface area contributed by atoms with E-state index < -0.39 is 0 Å². The summed E-state index contributed by atoms with van der Waals surface area (Å²) in [6.45, 7) is 2.45. The molecule has 0 saturated heterocycles. The minimum atomic E-state index is -0.214. The number of aryl methyl sites for hydroxylation is 1. The van der Waals surface area contributed by atoms with E-state index >= 15 is 0 Å². The molecule has 0 radical (unpaired) electrons. The zero-order valence-electron chi connectivity index (χ0n) is 13.7. The molecule has 6 heteroatoms. The molecule has 3 rings (SSSR count). The maximum absolute atomic E-state index is 12.5. The molecular formula is C19H17ClN4O. The van der Waals surface area contributed by atoms with Crippen LogP contribution in [-0.4, -0.2) is 15.9 Å². The summed E-state index contributed by atoms with van der Waals surface area (Å²) in [5, 5.41) is 6.62. The second-order valence-electron chi connectivity index (χ2n) is 5.52. The third-order valence-corrected chi connectivity index (χ3v) is 3.88. The number of nitrogens with one attached hydrogen (secondary N) is 2. The Morgan fingerprint density at radius 3 is 2.76 bits per heavy atom. The Balaban J connectivity index is 1.70. The summed E-state index contributed by atoms with van der Waals surface area (Å²) in [5.74, 6) is 0.398. The van der Waals surface area contributed by atoms with Crippen LogP contribution in [-0.2, 0) is 6.54 Å². The van der Waals surface area contributed by atoms with Crippen molar-refractivity contribution >= 4 is 29.0 Å². The lowest BCUT2D eigenvalue weighted by Gasteiger charge is -2.10. The molecule has 2 heterocycles. The van der Waals surface area contributed by atoms with E-state index in [-0.39, 0.29) is 5.91 Å². The van der Waals surface area contributed by atoms with Crippen molar-refractivity contribution in [3.8, 4) is 0 Å². The summed E-state index contributed by atoms with van der Waals surface area (Å²) in [4.78, 5) is 21.0. The Labute approximate surface area is 151 Å². The van der Waals surface area contributed by atoms with E-state index in [1.165, 1.54) is 0 Å². The molecule has 0 bridgehead atoms. The van der Waals surface area contributed by atoms with Crippen molar-refractivity contribution in [2.24, 2.45) is 0 Å². The van der Waals surface area contributed by atoms with Crippen molar-refractivity contribution in [3.05, 3.63) is 82.8 Å². The minimum absolute atomic E-state index is 0.214. The Morgan fingerprint density at radius 1 is 1.08 bits per heavy atom. The van der Waals surface area contributed by atoms with E-state index in [9.17, 15) is 4.79 Å². The molecular weight excluding hydrogens is 336 g/mol. The van der Waals surface area contributed by atoms with E-state index in [1.54, 1.807) is 36.7 Å². The van der Waals surface area contributed by atoms with Crippen molar-refractivity contribution in [1.29, 1.82) is 0 Å². The van der Waals surface area contributed by atoms with Crippen LogP contribution in [0, 0.1) is 6.92 Å². The maximum Gasteiger partial charge on any atom is 0.255 e. The van der Waals surface area contributed by atoms with Crippen molar-refractivity contribution < 1.29 is 4.79 Å². The van der Waals surface area contributed by atoms with Gasteiger partial charge in [-0.1, -0.05) is 23.7 Å². The van der Waals surface area contributed by atoms with Gasteiger partial charge in [0.15, 0.2) is 0 Å². The summed E-state index contributed by atoms with van der Waals surface area (Å²) in [6, 6.07) is 14.5. The van der Waals surface area contributed by atoms with Gasteiger partial charge in [0, 0.05) is 28.7 Å². The van der Waals surface area contributed by atoms with Gasteiger partial charge in [0.2, 0.25) is 0 Å². The van der Waals surface area contributed by atoms with Crippen LogP contribution in [0.5, 0.6) is 0 Å². The van der Waals surface area contributed by atoms with Crippen LogP contribution < -0.4 is 10.6 Å². The van der Waals surface area contributed by atoms with Gasteiger partial charge in [-0.05, 0) is 48.9 Å². The molecule has 0 aliphatic carbocycles. The zero-order chi connectivity index (χ0) is 17.6. The molecule has 1 aromatic carbocycles. The van der Waals surface area contributed by atoms with Gasteiger partial charge in [-0.3, -0.25) is 9.78 Å². The first kappa shape index (κ1) is 16.9. The van der Waals surface area contributed by atoms with Crippen LogP contribution in [0.25, 0.3) is 0 Å². The van der Waals surface area contributed by atoms with Gasteiger partial charge in [0.05, 0.1) is 12.2 Å². The number of halogens is 1. The number of aromatic nitrogens is 2. The largest absolute Gasteiger partial charge is 0.364 e. The molecule has 0 fully saturated rings. The fourth-order valence-electron chi connectivity index (χ4n) is 2.28. The molecule has 0 unspecified atom stereocenters. The highest BCUT2D eigenvalue weighted by atomic mass is 35.5. The topological polar surface area (TPSA) is 66.9 Å². The molecule has 0 saturated carbocycles. The molecule has 25 heavy (non-hydrogen) atoms. The van der Waals surface area contributed by atoms with E-state index in [2.05, 4.69) is 20.6 Å². The Bertz CT molecular complexity index is 884. The van der Waals surface area contributed by atoms with Gasteiger partial charge in [0.25, 0.3) is 5.91 Å². The normalized spacial score (nSPS) is 10.3. The summed E-state index contributed by atoms with van der Waals surface area (Å²) < 4.78 is 0. The highest BCUT2D eigenvalue weighted by molar-refractivity contribution is 6.31. The van der Waals surface area contributed by atoms with Gasteiger partial charge in [-0.15, -0.1) is 0 Å². The molecule has 0 atom stereocenters. The zero-order valence-corrected chi connectivity index (χ0v) is 14.4. The minimum Gasteiger partial charge on any atom is -0.364 e. The van der Waals surface area contributed by atoms with Gasteiger partial charge in [-0.25, -0.2) is 4.98 Å². The lowest BCUT2D eigenvalue weighted by atomic mass is 10.2. The number of hydrogen-bond donors (Lipinski definition) is 2. The number of carbonyl (C=O) groups excluding carboxylic acids is 1. The van der Waals surface area contributed by atoms with Crippen LogP contribution in [0.1, 0.15) is 21.6 Å². The first-order valence-corrected chi connectivity index (χ1v) is 8.17. The standard InChI is InChI=1S/C19H17ClN4O/c1-13-5-6-15(20)11-17(13)24-19(25)14-7-9-22-18(10-14)23-12-16-4-2-3-8-21-16/h2-11H,12H2,1H3,(H,22,23)(H,24,25). The van der Waals surface area contributed by atoms with Crippen molar-refractivity contribution in [2.45, 2.75) is 13.5 Å². The lowest BCUT2D eigenvalue weighted by molar-refractivity contribution is 0.102. The van der Waals surface area contributed by atoms with Gasteiger partial charge in [-0.2, -0.15) is 0 Å². The smallest absolute Gasteiger partial charge is 0.255 e. The van der Waals surface area contributed by atoms with Crippen molar-refractivity contribution in [1.82, 2.24) is 9.97 Å². The summed E-state index contributed by atoms with van der Waals surface area (Å²) in [5.41, 5.74) is 3.05. The quantitative estimate of drug-likeness (QED) is 0.718. The average Bonchev–Trinajstić information content (AvgIpc) is 2.64. The van der Waals surface area contributed by atoms with Gasteiger partial charge >= 0.3 is 0 Å². The van der Waals surface area contributed by atoms with E-state index in [0.717, 1.165) is 11.3 Å². The fraction of sp³-hybridized carbons (Fsp3) is 0.105. The average molecular weight is 353 g/mol. The van der Waals surface area contributed by atoms with Crippen LogP contribution in [0.15, 0.2) is 60.9 Å². The molecule has 0 aliphatic heterocycles. The molecule has 2 N–H and O–H groups in total. The number of anilines is 2. The SMILES string of the molecule is Cc1ccc(Cl)cc1NC(=O)c1ccnc(NCc2ccccn2)c1. The number of benzene rings is 1. The predicted molar refractivity (Wildman–Crippen MR) is 99.9 cm³/mol. The number of carbonyl (C=O) groups is 1. The predicted octanol–water partition coefficient (Wildman–Crippen LogP) is 4.30. The van der Waals surface area contributed by atoms with E-state index in [0.29, 0.717) is 28.6 Å². The van der Waals surface area contributed by atoms with Crippen LogP contribution in [0.3, 0.4) is 0 Å². The third kappa shape index (κ3) is 4.55. The fourth-order valence-corrected chi connectivity index (χ4v) is 2.45. The molecule has 0 aliphatic rings. The Kier molecular flexibility index (Phi) is 5.26. The van der Waals surface area contributed by atoms with Crippen molar-refractivity contribution in [3.63, 3.8) is 0 Å². The highest BCUT2D eigenvalue weighted by Crippen LogP contribution is 2.21. The first-order chi connectivity index (χ1) is 12.1. The summed E-state index contributed by atoms with van der Waals surface area (Å²) in [6.07, 6.45) is 3.34. The number of pyridine rings is 2. The van der Waals surface area contributed by atoms with Crippen LogP contribution in [0.2, 0.25) is 5.02 Å². The summed E-state index contributed by atoms with van der Waals surface area (Å²) >= 11 is 5.99. The Hall–Kier alpha value is -2.92. The molecule has 0 spiro atoms. The number of hydrogen-bond acceptors (Lipinski definition) is 4. The Morgan fingerprint density at radius 2 is 1.96 bits per heavy atom. The third-order valence-electron chi connectivity index (χ3n) is 3.65. The summed E-state index contributed by atoms with van der Waals surface area (Å²) in [7, 11) is 0. The second-order valence-corrected chi connectivity index (χ2v) is 5.95. The van der Waals surface area contributed by atoms with Crippen LogP contribution >= 0.6 is 11.6 Å².